The van der Waals surface area contributed by atoms with Gasteiger partial charge in [0.2, 0.25) is 0 Å². The van der Waals surface area contributed by atoms with Gasteiger partial charge in [0.1, 0.15) is 12.1 Å². The number of esters is 1. The summed E-state index contributed by atoms with van der Waals surface area (Å²) in [4.78, 5) is 32.5. The van der Waals surface area contributed by atoms with Crippen LogP contribution in [0.2, 0.25) is 0 Å². The Hall–Kier alpha value is -3.14. The zero-order valence-electron chi connectivity index (χ0n) is 17.4. The van der Waals surface area contributed by atoms with Crippen molar-refractivity contribution in [3.05, 3.63) is 35.4 Å². The third-order valence-electron chi connectivity index (χ3n) is 3.99. The zero-order chi connectivity index (χ0) is 23.1. The summed E-state index contributed by atoms with van der Waals surface area (Å²) in [5.41, 5.74) is 11.0. The Kier molecular flexibility index (Phi) is 13.3. The standard InChI is InChI=1S/C14H18O4.C6H14N4O2/c1-3-4-9-13(18-10(2)15)11-7-5-6-8-12(11)14(16)17;7-4(5(11)12)2-1-3-10-6(8)9/h5-8,13H,3-4,9H2,1-2H3,(H,16,17);4H,1-3,7H2,(H,11,12)(H4,8,9,10)/t13-;4-/m00/s1. The van der Waals surface area contributed by atoms with E-state index in [-0.39, 0.29) is 11.5 Å². The van der Waals surface area contributed by atoms with Crippen LogP contribution >= 0.6 is 0 Å². The van der Waals surface area contributed by atoms with Crippen LogP contribution in [0.1, 0.15) is 68.0 Å². The monoisotopic (exact) mass is 424 g/mol. The number of carbonyl (C=O) groups is 3. The van der Waals surface area contributed by atoms with E-state index in [9.17, 15) is 14.4 Å². The molecule has 1 aromatic carbocycles. The van der Waals surface area contributed by atoms with Crippen LogP contribution in [0.25, 0.3) is 0 Å². The lowest BCUT2D eigenvalue weighted by molar-refractivity contribution is -0.147. The van der Waals surface area contributed by atoms with Gasteiger partial charge in [-0.3, -0.25) is 15.0 Å². The largest absolute Gasteiger partial charge is 0.480 e. The topological polar surface area (TPSA) is 189 Å². The lowest BCUT2D eigenvalue weighted by atomic mass is 9.98. The zero-order valence-corrected chi connectivity index (χ0v) is 17.4. The molecule has 8 N–H and O–H groups in total. The number of unbranched alkanes of at least 4 members (excludes halogenated alkanes) is 1. The Labute approximate surface area is 176 Å². The molecule has 10 nitrogen and oxygen atoms in total. The maximum Gasteiger partial charge on any atom is 0.336 e. The molecule has 0 spiro atoms. The maximum atomic E-state index is 11.1. The van der Waals surface area contributed by atoms with E-state index in [0.717, 1.165) is 12.8 Å². The van der Waals surface area contributed by atoms with Gasteiger partial charge in [-0.15, -0.1) is 0 Å². The van der Waals surface area contributed by atoms with Crippen molar-refractivity contribution >= 4 is 23.9 Å². The molecular formula is C20H32N4O6. The number of guanidine groups is 1. The van der Waals surface area contributed by atoms with E-state index in [2.05, 4.69) is 5.32 Å². The van der Waals surface area contributed by atoms with Crippen LogP contribution in [0.3, 0.4) is 0 Å². The molecule has 10 heteroatoms. The van der Waals surface area contributed by atoms with Crippen molar-refractivity contribution in [2.75, 3.05) is 6.54 Å². The van der Waals surface area contributed by atoms with Crippen LogP contribution in [0.5, 0.6) is 0 Å². The Balaban J connectivity index is 0.000000612. The van der Waals surface area contributed by atoms with Crippen molar-refractivity contribution in [1.29, 1.82) is 5.41 Å². The number of nitrogens with one attached hydrogen (secondary N) is 2. The molecule has 0 heterocycles. The lowest BCUT2D eigenvalue weighted by Gasteiger charge is -2.18. The number of carboxylic acids is 2. The molecule has 0 bridgehead atoms. The number of ether oxygens (including phenoxy) is 1. The molecule has 0 saturated carbocycles. The number of aromatic carboxylic acids is 1. The van der Waals surface area contributed by atoms with Crippen LogP contribution in [0.4, 0.5) is 0 Å². The summed E-state index contributed by atoms with van der Waals surface area (Å²) in [5.74, 6) is -2.51. The summed E-state index contributed by atoms with van der Waals surface area (Å²) in [6.45, 7) is 3.85. The van der Waals surface area contributed by atoms with E-state index in [1.54, 1.807) is 18.2 Å². The van der Waals surface area contributed by atoms with Crippen LogP contribution in [0.15, 0.2) is 24.3 Å². The smallest absolute Gasteiger partial charge is 0.336 e. The third kappa shape index (κ3) is 11.6. The molecule has 0 radical (unpaired) electrons. The number of carbonyl (C=O) groups excluding carboxylic acids is 1. The Morgan fingerprint density at radius 1 is 1.17 bits per heavy atom. The van der Waals surface area contributed by atoms with Crippen LogP contribution in [-0.4, -0.2) is 46.7 Å². The minimum atomic E-state index is -1.00. The summed E-state index contributed by atoms with van der Waals surface area (Å²) in [5, 5.41) is 26.8. The summed E-state index contributed by atoms with van der Waals surface area (Å²) in [6, 6.07) is 5.83. The molecule has 0 unspecified atom stereocenters. The number of hydrogen-bond acceptors (Lipinski definition) is 6. The normalized spacial score (nSPS) is 12.0. The lowest BCUT2D eigenvalue weighted by Crippen LogP contribution is -2.34. The highest BCUT2D eigenvalue weighted by Crippen LogP contribution is 2.27. The molecule has 0 aliphatic carbocycles. The van der Waals surface area contributed by atoms with E-state index in [4.69, 9.17) is 31.8 Å². The molecule has 1 rings (SSSR count). The first kappa shape index (κ1) is 26.9. The number of aliphatic carboxylic acids is 1. The Bertz CT molecular complexity index is 710. The second kappa shape index (κ2) is 14.8. The maximum absolute atomic E-state index is 11.1. The van der Waals surface area contributed by atoms with Gasteiger partial charge in [0, 0.05) is 19.0 Å². The molecule has 0 saturated heterocycles. The van der Waals surface area contributed by atoms with Gasteiger partial charge in [-0.25, -0.2) is 4.79 Å². The fourth-order valence-corrected chi connectivity index (χ4v) is 2.51. The first-order chi connectivity index (χ1) is 14.1. The van der Waals surface area contributed by atoms with Crippen molar-refractivity contribution in [3.63, 3.8) is 0 Å². The molecule has 0 aromatic heterocycles. The summed E-state index contributed by atoms with van der Waals surface area (Å²) >= 11 is 0. The van der Waals surface area contributed by atoms with E-state index < -0.39 is 30.1 Å². The first-order valence-electron chi connectivity index (χ1n) is 9.65. The van der Waals surface area contributed by atoms with E-state index in [1.165, 1.54) is 13.0 Å². The van der Waals surface area contributed by atoms with Gasteiger partial charge in [-0.1, -0.05) is 31.5 Å². The number of rotatable bonds is 11. The Morgan fingerprint density at radius 3 is 2.30 bits per heavy atom. The molecular weight excluding hydrogens is 392 g/mol. The van der Waals surface area contributed by atoms with E-state index >= 15 is 0 Å². The highest BCUT2D eigenvalue weighted by atomic mass is 16.5. The molecule has 0 aliphatic rings. The van der Waals surface area contributed by atoms with Gasteiger partial charge < -0.3 is 31.7 Å². The van der Waals surface area contributed by atoms with Gasteiger partial charge in [-0.2, -0.15) is 0 Å². The second-order valence-corrected chi connectivity index (χ2v) is 6.56. The van der Waals surface area contributed by atoms with Gasteiger partial charge in [0.15, 0.2) is 5.96 Å². The quantitative estimate of drug-likeness (QED) is 0.133. The molecule has 30 heavy (non-hydrogen) atoms. The van der Waals surface area contributed by atoms with Crippen molar-refractivity contribution in [2.24, 2.45) is 11.5 Å². The fraction of sp³-hybridized carbons (Fsp3) is 0.500. The van der Waals surface area contributed by atoms with E-state index in [0.29, 0.717) is 31.4 Å². The third-order valence-corrected chi connectivity index (χ3v) is 3.99. The SMILES string of the molecule is CCCC[C@H](OC(C)=O)c1ccccc1C(=O)O.N=C(N)NCCC[C@H](N)C(=O)O. The summed E-state index contributed by atoms with van der Waals surface area (Å²) < 4.78 is 5.23. The van der Waals surface area contributed by atoms with Crippen LogP contribution in [-0.2, 0) is 14.3 Å². The van der Waals surface area contributed by atoms with Crippen molar-refractivity contribution in [3.8, 4) is 0 Å². The van der Waals surface area contributed by atoms with Gasteiger partial charge in [0.05, 0.1) is 5.56 Å². The number of carboxylic acid groups (broad SMARTS) is 2. The molecule has 0 amide bonds. The fourth-order valence-electron chi connectivity index (χ4n) is 2.51. The predicted molar refractivity (Wildman–Crippen MR) is 112 cm³/mol. The van der Waals surface area contributed by atoms with Crippen molar-refractivity contribution < 1.29 is 29.3 Å². The average molecular weight is 424 g/mol. The average Bonchev–Trinajstić information content (AvgIpc) is 2.68. The van der Waals surface area contributed by atoms with Gasteiger partial charge in [0.25, 0.3) is 0 Å². The molecule has 0 fully saturated rings. The molecule has 0 aliphatic heterocycles. The van der Waals surface area contributed by atoms with Crippen molar-refractivity contribution in [1.82, 2.24) is 5.32 Å². The second-order valence-electron chi connectivity index (χ2n) is 6.56. The minimum Gasteiger partial charge on any atom is -0.480 e. The molecule has 168 valence electrons. The summed E-state index contributed by atoms with van der Waals surface area (Å²) in [7, 11) is 0. The first-order valence-corrected chi connectivity index (χ1v) is 9.65. The highest BCUT2D eigenvalue weighted by molar-refractivity contribution is 5.89. The van der Waals surface area contributed by atoms with Gasteiger partial charge in [-0.05, 0) is 31.7 Å². The Morgan fingerprint density at radius 2 is 1.80 bits per heavy atom. The number of hydrogen-bond donors (Lipinski definition) is 6. The van der Waals surface area contributed by atoms with Gasteiger partial charge >= 0.3 is 17.9 Å². The predicted octanol–water partition coefficient (Wildman–Crippen LogP) is 1.84. The summed E-state index contributed by atoms with van der Waals surface area (Å²) in [6.07, 6.45) is 2.98. The molecule has 1 aromatic rings. The highest BCUT2D eigenvalue weighted by Gasteiger charge is 2.20. The van der Waals surface area contributed by atoms with E-state index in [1.807, 2.05) is 6.92 Å². The number of nitrogens with two attached hydrogens (primary N) is 2. The minimum absolute atomic E-state index is 0.112. The molecule has 2 atom stereocenters. The van der Waals surface area contributed by atoms with Crippen LogP contribution < -0.4 is 16.8 Å². The van der Waals surface area contributed by atoms with Crippen LogP contribution in [0, 0.1) is 5.41 Å². The number of benzene rings is 1. The van der Waals surface area contributed by atoms with Crippen molar-refractivity contribution in [2.45, 2.75) is 58.1 Å².